The summed E-state index contributed by atoms with van der Waals surface area (Å²) < 4.78 is 0. The first-order valence-corrected chi connectivity index (χ1v) is 4.60. The molecule has 1 heterocycles. The van der Waals surface area contributed by atoms with E-state index in [9.17, 15) is 4.79 Å². The first-order chi connectivity index (χ1) is 6.77. The minimum Gasteiger partial charge on any atom is -0.294 e. The molecule has 0 aliphatic heterocycles. The minimum absolute atomic E-state index is 0.142. The van der Waals surface area contributed by atoms with Crippen molar-refractivity contribution < 1.29 is 4.79 Å². The van der Waals surface area contributed by atoms with Crippen molar-refractivity contribution in [2.75, 3.05) is 0 Å². The van der Waals surface area contributed by atoms with Gasteiger partial charge in [-0.2, -0.15) is 0 Å². The highest BCUT2D eigenvalue weighted by Crippen LogP contribution is 2.18. The van der Waals surface area contributed by atoms with Crippen molar-refractivity contribution in [3.05, 3.63) is 47.8 Å². The molecule has 2 nitrogen and oxygen atoms in total. The molecule has 14 heavy (non-hydrogen) atoms. The monoisotopic (exact) mass is 185 g/mol. The molecule has 1 aliphatic rings. The Morgan fingerprint density at radius 3 is 2.86 bits per heavy atom. The molecule has 0 N–H and O–H groups in total. The van der Waals surface area contributed by atoms with Crippen LogP contribution in [0.25, 0.3) is 5.57 Å². The van der Waals surface area contributed by atoms with Gasteiger partial charge in [0, 0.05) is 18.2 Å². The quantitative estimate of drug-likeness (QED) is 0.672. The summed E-state index contributed by atoms with van der Waals surface area (Å²) in [4.78, 5) is 15.7. The van der Waals surface area contributed by atoms with Crippen LogP contribution >= 0.6 is 0 Å². The lowest BCUT2D eigenvalue weighted by atomic mass is 10.00. The van der Waals surface area contributed by atoms with Crippen molar-refractivity contribution in [1.82, 2.24) is 4.98 Å². The van der Waals surface area contributed by atoms with Crippen LogP contribution in [0.1, 0.15) is 17.7 Å². The summed E-state index contributed by atoms with van der Waals surface area (Å²) in [5, 5.41) is 0. The second-order valence-corrected chi connectivity index (χ2v) is 3.36. The van der Waals surface area contributed by atoms with E-state index in [2.05, 4.69) is 4.98 Å². The summed E-state index contributed by atoms with van der Waals surface area (Å²) in [5.74, 6) is 0.142. The van der Waals surface area contributed by atoms with E-state index < -0.39 is 0 Å². The van der Waals surface area contributed by atoms with Gasteiger partial charge in [-0.15, -0.1) is 0 Å². The summed E-state index contributed by atoms with van der Waals surface area (Å²) in [5.41, 5.74) is 2.59. The third kappa shape index (κ3) is 1.64. The molecule has 1 aromatic rings. The fourth-order valence-corrected chi connectivity index (χ4v) is 1.40. The molecule has 0 aromatic carbocycles. The fraction of sp³-hybridized carbons (Fsp3) is 0.167. The molecule has 2 heteroatoms. The zero-order chi connectivity index (χ0) is 9.97. The molecular formula is C12H11NO. The predicted molar refractivity (Wildman–Crippen MR) is 55.7 cm³/mol. The number of hydrogen-bond acceptors (Lipinski definition) is 2. The van der Waals surface area contributed by atoms with Gasteiger partial charge in [-0.05, 0) is 24.6 Å². The summed E-state index contributed by atoms with van der Waals surface area (Å²) in [6, 6.07) is 3.85. The van der Waals surface area contributed by atoms with E-state index in [4.69, 9.17) is 0 Å². The molecule has 0 atom stereocenters. The van der Waals surface area contributed by atoms with Crippen LogP contribution in [0.5, 0.6) is 0 Å². The Labute approximate surface area is 83.0 Å². The third-order valence-electron chi connectivity index (χ3n) is 2.19. The highest BCUT2D eigenvalue weighted by molar-refractivity contribution is 6.21. The molecule has 2 rings (SSSR count). The highest BCUT2D eigenvalue weighted by Gasteiger charge is 2.12. The SMILES string of the molecule is Cc1ccc(C2=CC=CCC2=O)nc1. The number of aromatic nitrogens is 1. The highest BCUT2D eigenvalue weighted by atomic mass is 16.1. The number of pyridine rings is 1. The maximum Gasteiger partial charge on any atom is 0.168 e. The maximum absolute atomic E-state index is 11.5. The zero-order valence-corrected chi connectivity index (χ0v) is 8.03. The van der Waals surface area contributed by atoms with E-state index in [1.165, 1.54) is 0 Å². The normalized spacial score (nSPS) is 15.5. The van der Waals surface area contributed by atoms with E-state index in [0.29, 0.717) is 12.0 Å². The fourth-order valence-electron chi connectivity index (χ4n) is 1.40. The van der Waals surface area contributed by atoms with E-state index >= 15 is 0 Å². The van der Waals surface area contributed by atoms with Crippen LogP contribution in [0.15, 0.2) is 36.6 Å². The molecule has 0 radical (unpaired) electrons. The van der Waals surface area contributed by atoms with Gasteiger partial charge in [0.05, 0.1) is 5.69 Å². The number of carbonyl (C=O) groups is 1. The van der Waals surface area contributed by atoms with Crippen molar-refractivity contribution in [2.24, 2.45) is 0 Å². The van der Waals surface area contributed by atoms with Crippen LogP contribution in [0, 0.1) is 6.92 Å². The lowest BCUT2D eigenvalue weighted by molar-refractivity contribution is -0.113. The molecule has 1 aliphatic carbocycles. The molecule has 0 saturated heterocycles. The van der Waals surface area contributed by atoms with Crippen LogP contribution in [0.3, 0.4) is 0 Å². The molecule has 0 spiro atoms. The lowest BCUT2D eigenvalue weighted by Crippen LogP contribution is -2.04. The number of carbonyl (C=O) groups excluding carboxylic acids is 1. The van der Waals surface area contributed by atoms with Crippen LogP contribution < -0.4 is 0 Å². The Morgan fingerprint density at radius 2 is 2.21 bits per heavy atom. The first-order valence-electron chi connectivity index (χ1n) is 4.60. The van der Waals surface area contributed by atoms with Gasteiger partial charge in [-0.1, -0.05) is 18.2 Å². The van der Waals surface area contributed by atoms with Crippen LogP contribution in [-0.2, 0) is 4.79 Å². The molecule has 70 valence electrons. The standard InChI is InChI=1S/C12H11NO/c1-9-6-7-11(13-8-9)10-4-2-3-5-12(10)14/h2-4,6-8H,5H2,1H3. The molecule has 0 saturated carbocycles. The molecule has 0 unspecified atom stereocenters. The predicted octanol–water partition coefficient (Wildman–Crippen LogP) is 2.30. The average Bonchev–Trinajstić information content (AvgIpc) is 2.20. The van der Waals surface area contributed by atoms with Crippen molar-refractivity contribution in [3.63, 3.8) is 0 Å². The maximum atomic E-state index is 11.5. The van der Waals surface area contributed by atoms with E-state index in [0.717, 1.165) is 11.3 Å². The number of aryl methyl sites for hydroxylation is 1. The van der Waals surface area contributed by atoms with Crippen LogP contribution in [0.2, 0.25) is 0 Å². The lowest BCUT2D eigenvalue weighted by Gasteiger charge is -2.06. The number of allylic oxidation sites excluding steroid dienone is 4. The summed E-state index contributed by atoms with van der Waals surface area (Å²) in [6.07, 6.45) is 7.85. The van der Waals surface area contributed by atoms with Gasteiger partial charge in [0.2, 0.25) is 0 Å². The van der Waals surface area contributed by atoms with Crippen molar-refractivity contribution in [1.29, 1.82) is 0 Å². The van der Waals surface area contributed by atoms with Gasteiger partial charge in [-0.3, -0.25) is 9.78 Å². The number of hydrogen-bond donors (Lipinski definition) is 0. The van der Waals surface area contributed by atoms with Crippen molar-refractivity contribution >= 4 is 11.4 Å². The Kier molecular flexibility index (Phi) is 2.27. The molecule has 0 bridgehead atoms. The average molecular weight is 185 g/mol. The number of ketones is 1. The topological polar surface area (TPSA) is 30.0 Å². The smallest absolute Gasteiger partial charge is 0.168 e. The van der Waals surface area contributed by atoms with E-state index in [1.54, 1.807) is 6.20 Å². The summed E-state index contributed by atoms with van der Waals surface area (Å²) in [6.45, 7) is 1.98. The molecule has 0 amide bonds. The van der Waals surface area contributed by atoms with E-state index in [-0.39, 0.29) is 5.78 Å². The second kappa shape index (κ2) is 3.58. The van der Waals surface area contributed by atoms with E-state index in [1.807, 2.05) is 37.3 Å². The van der Waals surface area contributed by atoms with Crippen molar-refractivity contribution in [3.8, 4) is 0 Å². The van der Waals surface area contributed by atoms with Gasteiger partial charge in [0.25, 0.3) is 0 Å². The van der Waals surface area contributed by atoms with Gasteiger partial charge < -0.3 is 0 Å². The minimum atomic E-state index is 0.142. The molecule has 1 aromatic heterocycles. The molecule has 0 fully saturated rings. The Bertz CT molecular complexity index is 412. The van der Waals surface area contributed by atoms with Crippen LogP contribution in [-0.4, -0.2) is 10.8 Å². The van der Waals surface area contributed by atoms with Gasteiger partial charge in [0.15, 0.2) is 5.78 Å². The Balaban J connectivity index is 2.39. The Hall–Kier alpha value is -1.70. The van der Waals surface area contributed by atoms with Crippen LogP contribution in [0.4, 0.5) is 0 Å². The zero-order valence-electron chi connectivity index (χ0n) is 8.03. The number of Topliss-reactive ketones (excluding diaryl/α,β-unsaturated/α-hetero) is 1. The van der Waals surface area contributed by atoms with Gasteiger partial charge in [-0.25, -0.2) is 0 Å². The molecular weight excluding hydrogens is 174 g/mol. The second-order valence-electron chi connectivity index (χ2n) is 3.36. The largest absolute Gasteiger partial charge is 0.294 e. The van der Waals surface area contributed by atoms with Crippen molar-refractivity contribution in [2.45, 2.75) is 13.3 Å². The van der Waals surface area contributed by atoms with Gasteiger partial charge in [0.1, 0.15) is 0 Å². The number of rotatable bonds is 1. The summed E-state index contributed by atoms with van der Waals surface area (Å²) >= 11 is 0. The first kappa shape index (κ1) is 8.88. The number of nitrogens with zero attached hydrogens (tertiary/aromatic N) is 1. The third-order valence-corrected chi connectivity index (χ3v) is 2.19. The summed E-state index contributed by atoms with van der Waals surface area (Å²) in [7, 11) is 0. The van der Waals surface area contributed by atoms with Gasteiger partial charge >= 0.3 is 0 Å². The Morgan fingerprint density at radius 1 is 1.36 bits per heavy atom.